The first-order valence-electron chi connectivity index (χ1n) is 8.73. The molecule has 4 rings (SSSR count). The summed E-state index contributed by atoms with van der Waals surface area (Å²) in [6.45, 7) is 0.740. The maximum Gasteiger partial charge on any atom is 0.420 e. The number of nitrogens with zero attached hydrogens (tertiary/aromatic N) is 3. The SMILES string of the molecule is O=c1[nH]ncc(N2CCc3c(ccnc3Oc3ccc(F)cc3C(F)(F)F)C2)c1Cl. The van der Waals surface area contributed by atoms with Crippen molar-refractivity contribution in [3.63, 3.8) is 0 Å². The highest BCUT2D eigenvalue weighted by Gasteiger charge is 2.35. The molecule has 1 aromatic carbocycles. The molecule has 0 unspecified atom stereocenters. The molecule has 0 saturated carbocycles. The van der Waals surface area contributed by atoms with Crippen molar-refractivity contribution in [3.8, 4) is 11.6 Å². The van der Waals surface area contributed by atoms with Gasteiger partial charge in [-0.3, -0.25) is 4.79 Å². The Hall–Kier alpha value is -3.14. The van der Waals surface area contributed by atoms with Crippen LogP contribution in [0.1, 0.15) is 16.7 Å². The van der Waals surface area contributed by atoms with Crippen LogP contribution >= 0.6 is 11.6 Å². The van der Waals surface area contributed by atoms with Gasteiger partial charge in [0.2, 0.25) is 5.88 Å². The number of aromatic amines is 1. The van der Waals surface area contributed by atoms with E-state index in [9.17, 15) is 22.4 Å². The van der Waals surface area contributed by atoms with E-state index in [1.165, 1.54) is 12.4 Å². The molecule has 1 aliphatic heterocycles. The summed E-state index contributed by atoms with van der Waals surface area (Å²) in [5, 5.41) is 5.99. The Balaban J connectivity index is 1.66. The number of hydrogen-bond donors (Lipinski definition) is 1. The number of halogens is 5. The quantitative estimate of drug-likeness (QED) is 0.614. The molecule has 0 radical (unpaired) electrons. The van der Waals surface area contributed by atoms with E-state index in [0.717, 1.165) is 17.7 Å². The number of hydrogen-bond acceptors (Lipinski definition) is 5. The van der Waals surface area contributed by atoms with Crippen LogP contribution in [0.15, 0.2) is 41.5 Å². The van der Waals surface area contributed by atoms with Gasteiger partial charge in [0, 0.05) is 24.8 Å². The van der Waals surface area contributed by atoms with E-state index in [1.807, 2.05) is 4.90 Å². The first-order chi connectivity index (χ1) is 14.2. The largest absolute Gasteiger partial charge is 0.438 e. The molecule has 0 atom stereocenters. The zero-order valence-corrected chi connectivity index (χ0v) is 15.9. The van der Waals surface area contributed by atoms with Gasteiger partial charge in [0.15, 0.2) is 0 Å². The lowest BCUT2D eigenvalue weighted by Crippen LogP contribution is -2.32. The second kappa shape index (κ2) is 7.60. The molecule has 156 valence electrons. The molecule has 1 N–H and O–H groups in total. The lowest BCUT2D eigenvalue weighted by molar-refractivity contribution is -0.138. The average molecular weight is 441 g/mol. The van der Waals surface area contributed by atoms with E-state index in [4.69, 9.17) is 16.3 Å². The fraction of sp³-hybridized carbons (Fsp3) is 0.211. The van der Waals surface area contributed by atoms with Crippen molar-refractivity contribution in [1.29, 1.82) is 0 Å². The minimum absolute atomic E-state index is 0.000103. The van der Waals surface area contributed by atoms with Gasteiger partial charge in [-0.05, 0) is 36.2 Å². The molecule has 1 aliphatic rings. The number of alkyl halides is 3. The lowest BCUT2D eigenvalue weighted by atomic mass is 10.0. The second-order valence-electron chi connectivity index (χ2n) is 6.56. The number of pyridine rings is 1. The first-order valence-corrected chi connectivity index (χ1v) is 9.11. The molecule has 0 saturated heterocycles. The van der Waals surface area contributed by atoms with Gasteiger partial charge in [0.1, 0.15) is 22.2 Å². The van der Waals surface area contributed by atoms with Crippen LogP contribution in [-0.4, -0.2) is 21.7 Å². The number of ether oxygens (including phenoxy) is 1. The minimum Gasteiger partial charge on any atom is -0.438 e. The molecule has 2 aromatic heterocycles. The predicted octanol–water partition coefficient (Wildman–Crippen LogP) is 4.33. The van der Waals surface area contributed by atoms with Gasteiger partial charge in [0.25, 0.3) is 5.56 Å². The van der Waals surface area contributed by atoms with E-state index < -0.39 is 28.9 Å². The molecule has 30 heavy (non-hydrogen) atoms. The first kappa shape index (κ1) is 20.1. The van der Waals surface area contributed by atoms with Crippen LogP contribution < -0.4 is 15.2 Å². The van der Waals surface area contributed by atoms with Gasteiger partial charge in [0.05, 0.1) is 11.9 Å². The average Bonchev–Trinajstić information content (AvgIpc) is 2.70. The summed E-state index contributed by atoms with van der Waals surface area (Å²) in [7, 11) is 0. The maximum absolute atomic E-state index is 13.3. The molecule has 0 spiro atoms. The third-order valence-electron chi connectivity index (χ3n) is 4.68. The van der Waals surface area contributed by atoms with Crippen LogP contribution in [0.2, 0.25) is 5.02 Å². The molecule has 3 aromatic rings. The van der Waals surface area contributed by atoms with Gasteiger partial charge < -0.3 is 9.64 Å². The van der Waals surface area contributed by atoms with Gasteiger partial charge in [-0.1, -0.05) is 11.6 Å². The van der Waals surface area contributed by atoms with Gasteiger partial charge >= 0.3 is 6.18 Å². The summed E-state index contributed by atoms with van der Waals surface area (Å²) in [5.41, 5.74) is 0.0806. The third kappa shape index (κ3) is 3.82. The van der Waals surface area contributed by atoms with E-state index in [-0.39, 0.29) is 10.9 Å². The molecule has 0 aliphatic carbocycles. The van der Waals surface area contributed by atoms with E-state index >= 15 is 0 Å². The summed E-state index contributed by atoms with van der Waals surface area (Å²) >= 11 is 6.07. The molecule has 3 heterocycles. The van der Waals surface area contributed by atoms with E-state index in [2.05, 4.69) is 15.2 Å². The van der Waals surface area contributed by atoms with Crippen molar-refractivity contribution in [3.05, 3.63) is 74.5 Å². The normalized spacial score (nSPS) is 13.8. The Labute approximate surface area is 172 Å². The summed E-state index contributed by atoms with van der Waals surface area (Å²) in [4.78, 5) is 17.6. The zero-order valence-electron chi connectivity index (χ0n) is 15.1. The number of rotatable bonds is 3. The zero-order chi connectivity index (χ0) is 21.5. The van der Waals surface area contributed by atoms with Crippen LogP contribution in [0, 0.1) is 5.82 Å². The summed E-state index contributed by atoms with van der Waals surface area (Å²) in [6.07, 6.45) is -1.56. The molecule has 6 nitrogen and oxygen atoms in total. The van der Waals surface area contributed by atoms with E-state index in [1.54, 1.807) is 6.07 Å². The molecule has 0 amide bonds. The topological polar surface area (TPSA) is 71.1 Å². The number of fused-ring (bicyclic) bond motifs is 1. The molecule has 11 heteroatoms. The Morgan fingerprint density at radius 3 is 2.80 bits per heavy atom. The second-order valence-corrected chi connectivity index (χ2v) is 6.94. The van der Waals surface area contributed by atoms with Crippen molar-refractivity contribution >= 4 is 17.3 Å². The van der Waals surface area contributed by atoms with Crippen LogP contribution in [-0.2, 0) is 19.1 Å². The Bertz CT molecular complexity index is 1170. The monoisotopic (exact) mass is 440 g/mol. The Kier molecular flexibility index (Phi) is 5.10. The van der Waals surface area contributed by atoms with Crippen molar-refractivity contribution < 1.29 is 22.3 Å². The van der Waals surface area contributed by atoms with Crippen molar-refractivity contribution in [2.75, 3.05) is 11.4 Å². The summed E-state index contributed by atoms with van der Waals surface area (Å²) in [5.74, 6) is -1.54. The van der Waals surface area contributed by atoms with Gasteiger partial charge in [-0.25, -0.2) is 14.5 Å². The highest BCUT2D eigenvalue weighted by atomic mass is 35.5. The summed E-state index contributed by atoms with van der Waals surface area (Å²) in [6, 6.07) is 3.91. The van der Waals surface area contributed by atoms with Crippen LogP contribution in [0.4, 0.5) is 23.2 Å². The third-order valence-corrected chi connectivity index (χ3v) is 5.04. The fourth-order valence-corrected chi connectivity index (χ4v) is 3.47. The van der Waals surface area contributed by atoms with Crippen molar-refractivity contribution in [1.82, 2.24) is 15.2 Å². The Morgan fingerprint density at radius 1 is 1.23 bits per heavy atom. The van der Waals surface area contributed by atoms with Crippen LogP contribution in [0.3, 0.4) is 0 Å². The maximum atomic E-state index is 13.3. The lowest BCUT2D eigenvalue weighted by Gasteiger charge is -2.31. The van der Waals surface area contributed by atoms with Crippen LogP contribution in [0.5, 0.6) is 11.6 Å². The number of nitrogens with one attached hydrogen (secondary N) is 1. The summed E-state index contributed by atoms with van der Waals surface area (Å²) < 4.78 is 58.6. The van der Waals surface area contributed by atoms with Gasteiger partial charge in [-0.2, -0.15) is 18.3 Å². The van der Waals surface area contributed by atoms with Crippen molar-refractivity contribution in [2.24, 2.45) is 0 Å². The molecular weight excluding hydrogens is 428 g/mol. The molecular formula is C19H13ClF4N4O2. The highest BCUT2D eigenvalue weighted by Crippen LogP contribution is 2.40. The standard InChI is InChI=1S/C19H13ClF4N4O2/c20-16-14(8-26-27-17(16)29)28-6-4-12-10(9-28)3-5-25-18(12)30-15-2-1-11(21)7-13(15)19(22,23)24/h1-3,5,7-8H,4,6,9H2,(H,27,29). The molecule has 0 fully saturated rings. The number of H-pyrrole nitrogens is 1. The number of anilines is 1. The van der Waals surface area contributed by atoms with Crippen molar-refractivity contribution in [2.45, 2.75) is 19.1 Å². The number of aromatic nitrogens is 3. The van der Waals surface area contributed by atoms with Crippen LogP contribution in [0.25, 0.3) is 0 Å². The minimum atomic E-state index is -4.78. The predicted molar refractivity (Wildman–Crippen MR) is 100 cm³/mol. The highest BCUT2D eigenvalue weighted by molar-refractivity contribution is 6.33. The molecule has 0 bridgehead atoms. The number of benzene rings is 1. The Morgan fingerprint density at radius 2 is 2.03 bits per heavy atom. The fourth-order valence-electron chi connectivity index (χ4n) is 3.26. The smallest absolute Gasteiger partial charge is 0.420 e. The van der Waals surface area contributed by atoms with Gasteiger partial charge in [-0.15, -0.1) is 0 Å². The van der Waals surface area contributed by atoms with E-state index in [0.29, 0.717) is 36.8 Å².